The van der Waals surface area contributed by atoms with E-state index in [2.05, 4.69) is 9.98 Å². The molecule has 6 nitrogen and oxygen atoms in total. The fourth-order valence-electron chi connectivity index (χ4n) is 2.57. The molecule has 0 radical (unpaired) electrons. The molecule has 0 amide bonds. The third-order valence-electron chi connectivity index (χ3n) is 3.94. The third-order valence-corrected chi connectivity index (χ3v) is 3.94. The van der Waals surface area contributed by atoms with Gasteiger partial charge in [-0.05, 0) is 36.2 Å². The Hall–Kier alpha value is -3.15. The van der Waals surface area contributed by atoms with E-state index in [9.17, 15) is 4.79 Å². The molecule has 26 heavy (non-hydrogen) atoms. The van der Waals surface area contributed by atoms with Crippen molar-refractivity contribution in [3.05, 3.63) is 59.7 Å². The Kier molecular flexibility index (Phi) is 5.63. The molecule has 2 aromatic rings. The van der Waals surface area contributed by atoms with Crippen molar-refractivity contribution in [2.45, 2.75) is 12.5 Å². The second-order valence-corrected chi connectivity index (χ2v) is 5.66. The molecule has 0 saturated heterocycles. The van der Waals surface area contributed by atoms with Crippen molar-refractivity contribution in [3.8, 4) is 11.5 Å². The standard InChI is InChI=1S/C20H20N2O4/c1-24-17-9-8-14(12-18(17)25-2)10-11-21-13-16-20(23)26-19(22-16)15-6-4-3-5-7-15/h3-9,12-13,16H,10-11H2,1-2H3. The lowest BCUT2D eigenvalue weighted by Crippen LogP contribution is -2.16. The highest BCUT2D eigenvalue weighted by molar-refractivity contribution is 6.11. The average molecular weight is 352 g/mol. The van der Waals surface area contributed by atoms with E-state index in [1.807, 2.05) is 48.5 Å². The van der Waals surface area contributed by atoms with E-state index in [-0.39, 0.29) is 0 Å². The molecule has 0 aromatic heterocycles. The van der Waals surface area contributed by atoms with Crippen LogP contribution in [0.25, 0.3) is 0 Å². The minimum atomic E-state index is -0.685. The molecule has 0 N–H and O–H groups in total. The fraction of sp³-hybridized carbons (Fsp3) is 0.250. The van der Waals surface area contributed by atoms with Gasteiger partial charge in [0.1, 0.15) is 0 Å². The van der Waals surface area contributed by atoms with Crippen LogP contribution in [-0.4, -0.2) is 44.9 Å². The van der Waals surface area contributed by atoms with Crippen LogP contribution < -0.4 is 9.47 Å². The van der Waals surface area contributed by atoms with Crippen LogP contribution >= 0.6 is 0 Å². The first kappa shape index (κ1) is 17.7. The van der Waals surface area contributed by atoms with Gasteiger partial charge < -0.3 is 14.2 Å². The summed E-state index contributed by atoms with van der Waals surface area (Å²) in [6, 6.07) is 14.4. The molecule has 0 spiro atoms. The molecule has 1 unspecified atom stereocenters. The van der Waals surface area contributed by atoms with E-state index < -0.39 is 12.0 Å². The summed E-state index contributed by atoms with van der Waals surface area (Å²) < 4.78 is 15.7. The number of benzene rings is 2. The summed E-state index contributed by atoms with van der Waals surface area (Å²) in [6.45, 7) is 0.537. The first-order valence-electron chi connectivity index (χ1n) is 8.27. The van der Waals surface area contributed by atoms with Crippen LogP contribution in [0.3, 0.4) is 0 Å². The zero-order valence-corrected chi connectivity index (χ0v) is 14.7. The zero-order valence-electron chi connectivity index (χ0n) is 14.7. The van der Waals surface area contributed by atoms with Gasteiger partial charge in [-0.25, -0.2) is 9.79 Å². The highest BCUT2D eigenvalue weighted by atomic mass is 16.6. The lowest BCUT2D eigenvalue weighted by Gasteiger charge is -2.08. The Morgan fingerprint density at radius 2 is 1.88 bits per heavy atom. The molecule has 1 atom stereocenters. The minimum absolute atomic E-state index is 0.340. The molecule has 0 fully saturated rings. The maximum atomic E-state index is 11.9. The van der Waals surface area contributed by atoms with Crippen LogP contribution in [0.5, 0.6) is 11.5 Å². The van der Waals surface area contributed by atoms with Gasteiger partial charge in [0, 0.05) is 18.3 Å². The number of ether oxygens (including phenoxy) is 3. The van der Waals surface area contributed by atoms with E-state index in [0.717, 1.165) is 11.1 Å². The molecule has 0 bridgehead atoms. The fourth-order valence-corrected chi connectivity index (χ4v) is 2.57. The monoisotopic (exact) mass is 352 g/mol. The zero-order chi connectivity index (χ0) is 18.4. The number of methoxy groups -OCH3 is 2. The summed E-state index contributed by atoms with van der Waals surface area (Å²) in [5, 5.41) is 0. The number of carbonyl (C=O) groups is 1. The molecule has 6 heteroatoms. The van der Waals surface area contributed by atoms with Crippen LogP contribution in [0, 0.1) is 0 Å². The van der Waals surface area contributed by atoms with E-state index >= 15 is 0 Å². The summed E-state index contributed by atoms with van der Waals surface area (Å²) in [5.41, 5.74) is 1.85. The summed E-state index contributed by atoms with van der Waals surface area (Å²) in [7, 11) is 3.21. The maximum absolute atomic E-state index is 11.9. The lowest BCUT2D eigenvalue weighted by molar-refractivity contribution is -0.133. The van der Waals surface area contributed by atoms with Crippen molar-refractivity contribution in [3.63, 3.8) is 0 Å². The van der Waals surface area contributed by atoms with Gasteiger partial charge in [0.25, 0.3) is 0 Å². The quantitative estimate of drug-likeness (QED) is 0.567. The first-order valence-corrected chi connectivity index (χ1v) is 8.27. The molecule has 1 aliphatic heterocycles. The van der Waals surface area contributed by atoms with Gasteiger partial charge in [-0.3, -0.25) is 4.99 Å². The van der Waals surface area contributed by atoms with Gasteiger partial charge >= 0.3 is 5.97 Å². The van der Waals surface area contributed by atoms with Gasteiger partial charge in [-0.1, -0.05) is 24.3 Å². The van der Waals surface area contributed by atoms with Crippen LogP contribution in [0.1, 0.15) is 11.1 Å². The van der Waals surface area contributed by atoms with E-state index in [1.54, 1.807) is 20.4 Å². The molecular formula is C20H20N2O4. The Labute approximate surface area is 152 Å². The molecule has 1 aliphatic rings. The molecule has 1 heterocycles. The number of hydrogen-bond donors (Lipinski definition) is 0. The lowest BCUT2D eigenvalue weighted by atomic mass is 10.1. The van der Waals surface area contributed by atoms with Gasteiger partial charge in [0.15, 0.2) is 17.5 Å². The minimum Gasteiger partial charge on any atom is -0.493 e. The number of esters is 1. The van der Waals surface area contributed by atoms with Crippen molar-refractivity contribution in [1.82, 2.24) is 0 Å². The molecule has 2 aromatic carbocycles. The Bertz CT molecular complexity index is 831. The summed E-state index contributed by atoms with van der Waals surface area (Å²) >= 11 is 0. The number of rotatable bonds is 7. The first-order chi connectivity index (χ1) is 12.7. The van der Waals surface area contributed by atoms with Crippen molar-refractivity contribution in [2.75, 3.05) is 20.8 Å². The highest BCUT2D eigenvalue weighted by Crippen LogP contribution is 2.27. The topological polar surface area (TPSA) is 69.5 Å². The van der Waals surface area contributed by atoms with E-state index in [1.165, 1.54) is 0 Å². The predicted octanol–water partition coefficient (Wildman–Crippen LogP) is 2.69. The molecule has 0 saturated carbocycles. The number of aliphatic imine (C=N–C) groups is 2. The molecule has 3 rings (SSSR count). The number of nitrogens with zero attached hydrogens (tertiary/aromatic N) is 2. The van der Waals surface area contributed by atoms with Crippen molar-refractivity contribution >= 4 is 18.1 Å². The molecule has 134 valence electrons. The molecule has 0 aliphatic carbocycles. The number of hydrogen-bond acceptors (Lipinski definition) is 6. The van der Waals surface area contributed by atoms with Gasteiger partial charge in [0.05, 0.1) is 14.2 Å². The SMILES string of the molecule is COc1ccc(CCN=CC2N=C(c3ccccc3)OC2=O)cc1OC. The summed E-state index contributed by atoms with van der Waals surface area (Å²) in [5.74, 6) is 1.31. The normalized spacial score (nSPS) is 16.5. The number of cyclic esters (lactones) is 1. The van der Waals surface area contributed by atoms with Crippen LogP contribution in [-0.2, 0) is 16.0 Å². The summed E-state index contributed by atoms with van der Waals surface area (Å²) in [4.78, 5) is 20.5. The van der Waals surface area contributed by atoms with Gasteiger partial charge in [-0.15, -0.1) is 0 Å². The van der Waals surface area contributed by atoms with Crippen LogP contribution in [0.2, 0.25) is 0 Å². The second-order valence-electron chi connectivity index (χ2n) is 5.66. The van der Waals surface area contributed by atoms with Crippen molar-refractivity contribution in [1.29, 1.82) is 0 Å². The number of carbonyl (C=O) groups excluding carboxylic acids is 1. The van der Waals surface area contributed by atoms with Crippen molar-refractivity contribution in [2.24, 2.45) is 9.98 Å². The Balaban J connectivity index is 1.59. The Morgan fingerprint density at radius 3 is 2.62 bits per heavy atom. The van der Waals surface area contributed by atoms with E-state index in [0.29, 0.717) is 30.4 Å². The molecular weight excluding hydrogens is 332 g/mol. The van der Waals surface area contributed by atoms with Crippen LogP contribution in [0.4, 0.5) is 0 Å². The van der Waals surface area contributed by atoms with Crippen molar-refractivity contribution < 1.29 is 19.0 Å². The third kappa shape index (κ3) is 4.08. The predicted molar refractivity (Wildman–Crippen MR) is 99.5 cm³/mol. The van der Waals surface area contributed by atoms with Gasteiger partial charge in [0.2, 0.25) is 5.90 Å². The van der Waals surface area contributed by atoms with Gasteiger partial charge in [-0.2, -0.15) is 0 Å². The van der Waals surface area contributed by atoms with Crippen LogP contribution in [0.15, 0.2) is 58.5 Å². The Morgan fingerprint density at radius 1 is 1.12 bits per heavy atom. The van der Waals surface area contributed by atoms with E-state index in [4.69, 9.17) is 14.2 Å². The largest absolute Gasteiger partial charge is 0.493 e. The smallest absolute Gasteiger partial charge is 0.343 e. The highest BCUT2D eigenvalue weighted by Gasteiger charge is 2.28. The summed E-state index contributed by atoms with van der Waals surface area (Å²) in [6.07, 6.45) is 2.26. The second kappa shape index (κ2) is 8.29. The maximum Gasteiger partial charge on any atom is 0.343 e. The average Bonchev–Trinajstić information content (AvgIpc) is 3.06.